The number of nitrogens with zero attached hydrogens (tertiary/aromatic N) is 1. The van der Waals surface area contributed by atoms with Crippen LogP contribution >= 0.6 is 34.2 Å². The first-order chi connectivity index (χ1) is 6.06. The van der Waals surface area contributed by atoms with Crippen molar-refractivity contribution in [1.82, 2.24) is 4.98 Å². The minimum Gasteiger partial charge on any atom is -0.392 e. The zero-order valence-electron chi connectivity index (χ0n) is 6.27. The van der Waals surface area contributed by atoms with Crippen LogP contribution in [0.25, 0.3) is 0 Å². The van der Waals surface area contributed by atoms with Crippen molar-refractivity contribution in [3.63, 3.8) is 0 Å². The third kappa shape index (κ3) is 2.47. The van der Waals surface area contributed by atoms with Crippen molar-refractivity contribution in [2.45, 2.75) is 13.0 Å². The van der Waals surface area contributed by atoms with Crippen LogP contribution in [0.5, 0.6) is 0 Å². The van der Waals surface area contributed by atoms with E-state index in [1.807, 2.05) is 22.6 Å². The number of aromatic nitrogens is 1. The molecule has 6 heteroatoms. The first-order valence-electron chi connectivity index (χ1n) is 3.30. The van der Waals surface area contributed by atoms with Gasteiger partial charge in [0.25, 0.3) is 6.43 Å². The molecule has 1 N–H and O–H groups in total. The summed E-state index contributed by atoms with van der Waals surface area (Å²) in [5.74, 6) is 0. The summed E-state index contributed by atoms with van der Waals surface area (Å²) >= 11 is 7.30. The third-order valence-corrected chi connectivity index (χ3v) is 2.67. The maximum Gasteiger partial charge on any atom is 0.266 e. The van der Waals surface area contributed by atoms with Crippen LogP contribution in [0, 0.1) is 3.70 Å². The number of aliphatic hydroxyl groups excluding tert-OH is 1. The van der Waals surface area contributed by atoms with E-state index in [4.69, 9.17) is 16.7 Å². The summed E-state index contributed by atoms with van der Waals surface area (Å²) in [6, 6.07) is 1.17. The quantitative estimate of drug-likeness (QED) is 0.672. The van der Waals surface area contributed by atoms with Crippen LogP contribution in [0.2, 0.25) is 5.15 Å². The number of rotatable bonds is 2. The van der Waals surface area contributed by atoms with Crippen LogP contribution in [-0.2, 0) is 6.61 Å². The van der Waals surface area contributed by atoms with Gasteiger partial charge >= 0.3 is 0 Å². The molecule has 0 aliphatic carbocycles. The molecule has 0 aliphatic heterocycles. The molecule has 0 spiro atoms. The van der Waals surface area contributed by atoms with E-state index in [0.29, 0.717) is 9.26 Å². The average Bonchev–Trinajstić information content (AvgIpc) is 2.03. The molecule has 0 saturated heterocycles. The number of alkyl halides is 2. The molecule has 1 heterocycles. The molecular formula is C7H5ClF2INO. The molecule has 0 aromatic carbocycles. The van der Waals surface area contributed by atoms with Crippen molar-refractivity contribution in [2.24, 2.45) is 0 Å². The highest BCUT2D eigenvalue weighted by Gasteiger charge is 2.15. The zero-order chi connectivity index (χ0) is 10.0. The van der Waals surface area contributed by atoms with Crippen molar-refractivity contribution in [3.8, 4) is 0 Å². The van der Waals surface area contributed by atoms with Crippen molar-refractivity contribution < 1.29 is 13.9 Å². The van der Waals surface area contributed by atoms with Gasteiger partial charge in [-0.3, -0.25) is 0 Å². The monoisotopic (exact) mass is 319 g/mol. The molecule has 72 valence electrons. The molecule has 0 amide bonds. The Hall–Kier alpha value is -0.0100. The van der Waals surface area contributed by atoms with E-state index >= 15 is 0 Å². The van der Waals surface area contributed by atoms with Crippen LogP contribution < -0.4 is 0 Å². The first-order valence-corrected chi connectivity index (χ1v) is 4.75. The Balaban J connectivity index is 3.22. The van der Waals surface area contributed by atoms with Crippen molar-refractivity contribution in [1.29, 1.82) is 0 Å². The van der Waals surface area contributed by atoms with Gasteiger partial charge in [-0.1, -0.05) is 11.6 Å². The zero-order valence-corrected chi connectivity index (χ0v) is 9.18. The molecule has 0 radical (unpaired) electrons. The molecule has 2 nitrogen and oxygen atoms in total. The Morgan fingerprint density at radius 3 is 2.69 bits per heavy atom. The van der Waals surface area contributed by atoms with E-state index in [1.165, 1.54) is 6.07 Å². The van der Waals surface area contributed by atoms with Crippen molar-refractivity contribution >= 4 is 34.2 Å². The topological polar surface area (TPSA) is 33.1 Å². The normalized spacial score (nSPS) is 10.9. The fourth-order valence-electron chi connectivity index (χ4n) is 0.793. The summed E-state index contributed by atoms with van der Waals surface area (Å²) in [6.45, 7) is -0.317. The largest absolute Gasteiger partial charge is 0.392 e. The predicted molar refractivity (Wildman–Crippen MR) is 52.8 cm³/mol. The maximum atomic E-state index is 12.3. The van der Waals surface area contributed by atoms with E-state index in [0.717, 1.165) is 0 Å². The van der Waals surface area contributed by atoms with Gasteiger partial charge in [0.05, 0.1) is 12.2 Å². The summed E-state index contributed by atoms with van der Waals surface area (Å²) in [7, 11) is 0. The molecule has 0 saturated carbocycles. The molecule has 1 aromatic heterocycles. The fraction of sp³-hybridized carbons (Fsp3) is 0.286. The molecule has 0 atom stereocenters. The molecule has 0 bridgehead atoms. The predicted octanol–water partition coefficient (Wildman–Crippen LogP) is 2.77. The second-order valence-corrected chi connectivity index (χ2v) is 3.66. The number of hydrogen-bond acceptors (Lipinski definition) is 2. The van der Waals surface area contributed by atoms with Crippen molar-refractivity contribution in [2.75, 3.05) is 0 Å². The van der Waals surface area contributed by atoms with E-state index in [-0.39, 0.29) is 17.3 Å². The number of halogens is 4. The van der Waals surface area contributed by atoms with E-state index in [9.17, 15) is 8.78 Å². The maximum absolute atomic E-state index is 12.3. The summed E-state index contributed by atoms with van der Waals surface area (Å²) in [4.78, 5) is 3.68. The van der Waals surface area contributed by atoms with Gasteiger partial charge in [-0.05, 0) is 28.7 Å². The summed E-state index contributed by atoms with van der Waals surface area (Å²) in [6.07, 6.45) is -2.66. The summed E-state index contributed by atoms with van der Waals surface area (Å²) < 4.78 is 25.0. The molecule has 0 aliphatic rings. The van der Waals surface area contributed by atoms with Crippen LogP contribution in [-0.4, -0.2) is 10.1 Å². The second kappa shape index (κ2) is 4.47. The highest BCUT2D eigenvalue weighted by atomic mass is 127. The lowest BCUT2D eigenvalue weighted by atomic mass is 10.2. The molecule has 1 aromatic rings. The molecular weight excluding hydrogens is 314 g/mol. The lowest BCUT2D eigenvalue weighted by Crippen LogP contribution is -1.98. The van der Waals surface area contributed by atoms with E-state index < -0.39 is 6.43 Å². The SMILES string of the molecule is OCc1cc(C(F)F)c(Cl)nc1I. The number of hydrogen-bond donors (Lipinski definition) is 1. The highest BCUT2D eigenvalue weighted by molar-refractivity contribution is 14.1. The van der Waals surface area contributed by atoms with Crippen LogP contribution in [0.3, 0.4) is 0 Å². The van der Waals surface area contributed by atoms with E-state index in [2.05, 4.69) is 4.98 Å². The van der Waals surface area contributed by atoms with Gasteiger partial charge in [0.2, 0.25) is 0 Å². The Morgan fingerprint density at radius 1 is 1.62 bits per heavy atom. The van der Waals surface area contributed by atoms with Gasteiger partial charge in [0, 0.05) is 5.56 Å². The number of pyridine rings is 1. The van der Waals surface area contributed by atoms with Gasteiger partial charge in [-0.25, -0.2) is 13.8 Å². The fourth-order valence-corrected chi connectivity index (χ4v) is 1.72. The minimum atomic E-state index is -2.66. The number of aliphatic hydroxyl groups is 1. The van der Waals surface area contributed by atoms with Crippen LogP contribution in [0.15, 0.2) is 6.07 Å². The van der Waals surface area contributed by atoms with Crippen LogP contribution in [0.4, 0.5) is 8.78 Å². The van der Waals surface area contributed by atoms with Gasteiger partial charge in [-0.15, -0.1) is 0 Å². The minimum absolute atomic E-state index is 0.211. The Morgan fingerprint density at radius 2 is 2.23 bits per heavy atom. The Bertz CT molecular complexity index is 322. The van der Waals surface area contributed by atoms with Gasteiger partial charge in [-0.2, -0.15) is 0 Å². The third-order valence-electron chi connectivity index (χ3n) is 1.43. The highest BCUT2D eigenvalue weighted by Crippen LogP contribution is 2.27. The van der Waals surface area contributed by atoms with E-state index in [1.54, 1.807) is 0 Å². The summed E-state index contributed by atoms with van der Waals surface area (Å²) in [5, 5.41) is 8.57. The summed E-state index contributed by atoms with van der Waals surface area (Å²) in [5.41, 5.74) is 0.0198. The smallest absolute Gasteiger partial charge is 0.266 e. The van der Waals surface area contributed by atoms with Gasteiger partial charge in [0.15, 0.2) is 0 Å². The standard InChI is InChI=1S/C7H5ClF2INO/c8-5-4(6(9)10)1-3(2-13)7(11)12-5/h1,6,13H,2H2. The molecule has 0 unspecified atom stereocenters. The van der Waals surface area contributed by atoms with Crippen molar-refractivity contribution in [3.05, 3.63) is 26.0 Å². The Kier molecular flexibility index (Phi) is 3.81. The van der Waals surface area contributed by atoms with Gasteiger partial charge in [0.1, 0.15) is 8.85 Å². The Labute approximate surface area is 92.1 Å². The molecule has 1 rings (SSSR count). The molecule has 0 fully saturated rings. The molecule has 13 heavy (non-hydrogen) atoms. The van der Waals surface area contributed by atoms with Gasteiger partial charge < -0.3 is 5.11 Å². The van der Waals surface area contributed by atoms with Crippen LogP contribution in [0.1, 0.15) is 17.6 Å². The lowest BCUT2D eigenvalue weighted by Gasteiger charge is -2.06. The first kappa shape index (κ1) is 11.1. The average molecular weight is 319 g/mol. The second-order valence-electron chi connectivity index (χ2n) is 2.28. The lowest BCUT2D eigenvalue weighted by molar-refractivity contribution is 0.150.